The van der Waals surface area contributed by atoms with Gasteiger partial charge in [-0.25, -0.2) is 0 Å². The third kappa shape index (κ3) is 2.86. The Morgan fingerprint density at radius 2 is 2.25 bits per heavy atom. The first-order valence-corrected chi connectivity index (χ1v) is 3.11. The second kappa shape index (κ2) is 3.72. The number of hydrogen-bond acceptors (Lipinski definition) is 2. The number of carbonyl (C=O) groups is 1. The lowest BCUT2D eigenvalue weighted by atomic mass is 10.2. The SMILES string of the molecule is C=C(C)C(=O)CCS. The molecular formula is C6H10OS. The first-order valence-electron chi connectivity index (χ1n) is 2.48. The van der Waals surface area contributed by atoms with Crippen LogP contribution in [-0.4, -0.2) is 11.5 Å². The molecule has 0 aromatic carbocycles. The van der Waals surface area contributed by atoms with Crippen molar-refractivity contribution < 1.29 is 4.79 Å². The zero-order valence-corrected chi connectivity index (χ0v) is 5.87. The summed E-state index contributed by atoms with van der Waals surface area (Å²) in [5, 5.41) is 0. The summed E-state index contributed by atoms with van der Waals surface area (Å²) in [5.41, 5.74) is 0.624. The van der Waals surface area contributed by atoms with Gasteiger partial charge in [-0.05, 0) is 18.2 Å². The summed E-state index contributed by atoms with van der Waals surface area (Å²) in [6.45, 7) is 5.20. The Kier molecular flexibility index (Phi) is 3.61. The molecule has 0 N–H and O–H groups in total. The minimum atomic E-state index is 0.111. The van der Waals surface area contributed by atoms with Crippen molar-refractivity contribution in [2.75, 3.05) is 5.75 Å². The van der Waals surface area contributed by atoms with Crippen molar-refractivity contribution in [1.82, 2.24) is 0 Å². The van der Waals surface area contributed by atoms with Gasteiger partial charge in [0, 0.05) is 6.42 Å². The zero-order chi connectivity index (χ0) is 6.57. The predicted octanol–water partition coefficient (Wildman–Crippen LogP) is 1.45. The van der Waals surface area contributed by atoms with E-state index in [4.69, 9.17) is 0 Å². The molecule has 0 heterocycles. The van der Waals surface area contributed by atoms with E-state index in [1.807, 2.05) is 0 Å². The van der Waals surface area contributed by atoms with Crippen LogP contribution >= 0.6 is 12.6 Å². The number of carbonyl (C=O) groups excluding carboxylic acids is 1. The van der Waals surface area contributed by atoms with Crippen LogP contribution in [0.1, 0.15) is 13.3 Å². The van der Waals surface area contributed by atoms with Crippen molar-refractivity contribution in [3.05, 3.63) is 12.2 Å². The van der Waals surface area contributed by atoms with Crippen LogP contribution in [0, 0.1) is 0 Å². The van der Waals surface area contributed by atoms with Gasteiger partial charge >= 0.3 is 0 Å². The smallest absolute Gasteiger partial charge is 0.158 e. The standard InChI is InChI=1S/C6H10OS/c1-5(2)6(7)3-4-8/h8H,1,3-4H2,2H3. The van der Waals surface area contributed by atoms with Gasteiger partial charge in [0.05, 0.1) is 0 Å². The maximum atomic E-state index is 10.6. The van der Waals surface area contributed by atoms with Gasteiger partial charge in [0.2, 0.25) is 0 Å². The summed E-state index contributed by atoms with van der Waals surface area (Å²) < 4.78 is 0. The molecule has 0 aliphatic rings. The second-order valence-electron chi connectivity index (χ2n) is 1.68. The van der Waals surface area contributed by atoms with Gasteiger partial charge in [0.1, 0.15) is 0 Å². The largest absolute Gasteiger partial charge is 0.295 e. The first kappa shape index (κ1) is 7.76. The molecule has 0 radical (unpaired) electrons. The molecule has 0 atom stereocenters. The highest BCUT2D eigenvalue weighted by molar-refractivity contribution is 7.80. The quantitative estimate of drug-likeness (QED) is 0.452. The van der Waals surface area contributed by atoms with Gasteiger partial charge in [-0.3, -0.25) is 4.79 Å². The topological polar surface area (TPSA) is 17.1 Å². The van der Waals surface area contributed by atoms with E-state index < -0.39 is 0 Å². The summed E-state index contributed by atoms with van der Waals surface area (Å²) in [4.78, 5) is 10.6. The Balaban J connectivity index is 3.49. The number of thiol groups is 1. The summed E-state index contributed by atoms with van der Waals surface area (Å²) in [6.07, 6.45) is 0.512. The highest BCUT2D eigenvalue weighted by atomic mass is 32.1. The van der Waals surface area contributed by atoms with Crippen LogP contribution in [0.3, 0.4) is 0 Å². The molecule has 0 aliphatic heterocycles. The molecule has 0 aliphatic carbocycles. The van der Waals surface area contributed by atoms with Crippen molar-refractivity contribution in [2.24, 2.45) is 0 Å². The Morgan fingerprint density at radius 1 is 1.75 bits per heavy atom. The number of allylic oxidation sites excluding steroid dienone is 1. The Hall–Kier alpha value is -0.240. The fourth-order valence-electron chi connectivity index (χ4n) is 0.315. The molecule has 8 heavy (non-hydrogen) atoms. The molecule has 0 aromatic rings. The van der Waals surface area contributed by atoms with Gasteiger partial charge in [0.25, 0.3) is 0 Å². The molecule has 0 amide bonds. The molecule has 0 spiro atoms. The molecule has 46 valence electrons. The average Bonchev–Trinajstić information content (AvgIpc) is 1.67. The van der Waals surface area contributed by atoms with E-state index in [2.05, 4.69) is 19.2 Å². The van der Waals surface area contributed by atoms with Crippen molar-refractivity contribution in [3.8, 4) is 0 Å². The van der Waals surface area contributed by atoms with Crippen LogP contribution in [0.5, 0.6) is 0 Å². The van der Waals surface area contributed by atoms with Crippen LogP contribution in [0.15, 0.2) is 12.2 Å². The zero-order valence-electron chi connectivity index (χ0n) is 4.98. The van der Waals surface area contributed by atoms with Gasteiger partial charge < -0.3 is 0 Å². The molecule has 0 aromatic heterocycles. The minimum Gasteiger partial charge on any atom is -0.295 e. The van der Waals surface area contributed by atoms with Crippen LogP contribution in [0.2, 0.25) is 0 Å². The van der Waals surface area contributed by atoms with Gasteiger partial charge in [-0.1, -0.05) is 6.58 Å². The predicted molar refractivity (Wildman–Crippen MR) is 38.3 cm³/mol. The Bertz CT molecular complexity index is 107. The minimum absolute atomic E-state index is 0.111. The van der Waals surface area contributed by atoms with Crippen LogP contribution in [-0.2, 0) is 4.79 Å². The molecule has 0 saturated carbocycles. The van der Waals surface area contributed by atoms with Gasteiger partial charge in [-0.2, -0.15) is 12.6 Å². The fraction of sp³-hybridized carbons (Fsp3) is 0.500. The van der Waals surface area contributed by atoms with Crippen molar-refractivity contribution >= 4 is 18.4 Å². The molecule has 0 fully saturated rings. The van der Waals surface area contributed by atoms with E-state index in [-0.39, 0.29) is 5.78 Å². The van der Waals surface area contributed by atoms with Gasteiger partial charge in [-0.15, -0.1) is 0 Å². The summed E-state index contributed by atoms with van der Waals surface area (Å²) >= 11 is 3.89. The normalized spacial score (nSPS) is 8.75. The second-order valence-corrected chi connectivity index (χ2v) is 2.12. The highest BCUT2D eigenvalue weighted by Crippen LogP contribution is 1.95. The maximum absolute atomic E-state index is 10.6. The summed E-state index contributed by atoms with van der Waals surface area (Å²) in [7, 11) is 0. The number of Topliss-reactive ketones (excluding diaryl/α,β-unsaturated/α-hetero) is 1. The molecule has 0 bridgehead atoms. The monoisotopic (exact) mass is 130 g/mol. The number of ketones is 1. The molecule has 2 heteroatoms. The molecular weight excluding hydrogens is 120 g/mol. The van der Waals surface area contributed by atoms with Gasteiger partial charge in [0.15, 0.2) is 5.78 Å². The Labute approximate surface area is 55.2 Å². The third-order valence-corrected chi connectivity index (χ3v) is 1.04. The fourth-order valence-corrected chi connectivity index (χ4v) is 0.518. The Morgan fingerprint density at radius 3 is 2.38 bits per heavy atom. The van der Waals surface area contributed by atoms with E-state index in [1.54, 1.807) is 6.92 Å². The lowest BCUT2D eigenvalue weighted by Crippen LogP contribution is -1.97. The lowest BCUT2D eigenvalue weighted by Gasteiger charge is -1.91. The van der Waals surface area contributed by atoms with E-state index in [0.29, 0.717) is 17.7 Å². The third-order valence-electron chi connectivity index (χ3n) is 0.815. The van der Waals surface area contributed by atoms with Crippen LogP contribution in [0.4, 0.5) is 0 Å². The van der Waals surface area contributed by atoms with E-state index in [1.165, 1.54) is 0 Å². The van der Waals surface area contributed by atoms with E-state index in [9.17, 15) is 4.79 Å². The van der Waals surface area contributed by atoms with Crippen LogP contribution in [0.25, 0.3) is 0 Å². The summed E-state index contributed by atoms with van der Waals surface area (Å²) in [6, 6.07) is 0. The van der Waals surface area contributed by atoms with Crippen LogP contribution < -0.4 is 0 Å². The highest BCUT2D eigenvalue weighted by Gasteiger charge is 1.97. The van der Waals surface area contributed by atoms with Crippen molar-refractivity contribution in [1.29, 1.82) is 0 Å². The maximum Gasteiger partial charge on any atom is 0.158 e. The van der Waals surface area contributed by atoms with Crippen molar-refractivity contribution in [2.45, 2.75) is 13.3 Å². The lowest BCUT2D eigenvalue weighted by molar-refractivity contribution is -0.115. The summed E-state index contributed by atoms with van der Waals surface area (Å²) in [5.74, 6) is 0.728. The number of hydrogen-bond donors (Lipinski definition) is 1. The molecule has 0 unspecified atom stereocenters. The first-order chi connectivity index (χ1) is 3.68. The van der Waals surface area contributed by atoms with E-state index >= 15 is 0 Å². The average molecular weight is 130 g/mol. The number of rotatable bonds is 3. The molecule has 0 saturated heterocycles. The molecule has 0 rings (SSSR count). The molecule has 1 nitrogen and oxygen atoms in total. The van der Waals surface area contributed by atoms with Crippen molar-refractivity contribution in [3.63, 3.8) is 0 Å². The van der Waals surface area contributed by atoms with E-state index in [0.717, 1.165) is 0 Å².